The molecule has 12 aromatic carbocycles. The SMILES string of the molecule is Cc1cc2cc(-c3cccc(C)c3C)oc(=O)c2cc1O.Cc1cc2cc(-c3ccccc3C)oc(=O)c2cc1O.Cc1cccc(-c2cc3ccc(O)cc3c(=O)o2)c1.Cc1cccc(-c2cc3ccc(O)cc3c(=O)o2)c1C.Cc1ccccc1-c1cc2cc(O)c(O)cc2c(=O)o1.Cc1ccccc1-c1cc2ccc(O)cc2c(=O)o1. The molecular formula is C100H80O19. The second-order valence-electron chi connectivity index (χ2n) is 28.9. The number of aromatic hydroxyl groups is 7. The number of phenolic OH excluding ortho intramolecular Hbond substituents is 7. The molecule has 19 nitrogen and oxygen atoms in total. The molecule has 6 aromatic heterocycles. The van der Waals surface area contributed by atoms with E-state index in [9.17, 15) is 64.5 Å². The van der Waals surface area contributed by atoms with Crippen molar-refractivity contribution in [3.8, 4) is 108 Å². The smallest absolute Gasteiger partial charge is 0.344 e. The van der Waals surface area contributed by atoms with Gasteiger partial charge in [0.15, 0.2) is 11.5 Å². The van der Waals surface area contributed by atoms with Gasteiger partial charge in [-0.3, -0.25) is 0 Å². The zero-order valence-corrected chi connectivity index (χ0v) is 66.4. The van der Waals surface area contributed by atoms with Crippen molar-refractivity contribution < 1.29 is 62.2 Å². The van der Waals surface area contributed by atoms with Gasteiger partial charge >= 0.3 is 33.8 Å². The second kappa shape index (κ2) is 34.7. The number of phenols is 7. The van der Waals surface area contributed by atoms with Crippen molar-refractivity contribution >= 4 is 64.6 Å². The first kappa shape index (κ1) is 81.5. The summed E-state index contributed by atoms with van der Waals surface area (Å²) in [6.45, 7) is 19.5. The van der Waals surface area contributed by atoms with Crippen molar-refractivity contribution in [1.82, 2.24) is 0 Å². The average molecular weight is 1590 g/mol. The van der Waals surface area contributed by atoms with E-state index in [1.54, 1.807) is 68.4 Å². The summed E-state index contributed by atoms with van der Waals surface area (Å²) in [6, 6.07) is 76.6. The van der Waals surface area contributed by atoms with E-state index >= 15 is 0 Å². The van der Waals surface area contributed by atoms with Crippen molar-refractivity contribution in [3.05, 3.63) is 379 Å². The Kier molecular flexibility index (Phi) is 23.8. The van der Waals surface area contributed by atoms with Crippen molar-refractivity contribution in [2.45, 2.75) is 69.2 Å². The normalized spacial score (nSPS) is 10.9. The standard InChI is InChI=1S/C18H16O3.2C17H14O3.C16H12O4.2C16H12O3/c1-10-5-4-6-14(12(10)3)17-8-13-7-11(2)16(19)9-15(13)18(20)21-17;1-10-4-3-5-14(11(10)2)16-8-12-6-7-13(18)9-15(12)17(19)20-16;1-10-5-3-4-6-13(10)16-8-12-7-11(2)15(18)9-14(12)17(19)20-16;1-9-4-2-3-5-11(9)15-7-10-6-13(17)14(18)8-12(10)16(19)20-15;1-10-3-2-4-12(7-10)15-8-11-5-6-13(17)9-14(11)16(18)19-15;1-10-4-2-3-5-13(10)15-8-11-6-7-12(17)9-14(11)16(18)19-15/h4-9,19H,1-3H3;2*3-9,18H,1-2H3;2-8,17-18H,1H3;2*2-9,17H,1H3. The predicted molar refractivity (Wildman–Crippen MR) is 467 cm³/mol. The van der Waals surface area contributed by atoms with E-state index in [4.69, 9.17) is 26.5 Å². The summed E-state index contributed by atoms with van der Waals surface area (Å²) in [5.74, 6) is 2.95. The van der Waals surface area contributed by atoms with Crippen molar-refractivity contribution in [3.63, 3.8) is 0 Å². The zero-order chi connectivity index (χ0) is 84.8. The summed E-state index contributed by atoms with van der Waals surface area (Å²) in [4.78, 5) is 72.1. The lowest BCUT2D eigenvalue weighted by Gasteiger charge is -2.09. The molecule has 0 radical (unpaired) electrons. The molecule has 18 aromatic rings. The highest BCUT2D eigenvalue weighted by atomic mass is 16.4. The van der Waals surface area contributed by atoms with Crippen molar-refractivity contribution in [2.75, 3.05) is 0 Å². The molecule has 0 fully saturated rings. The number of hydrogen-bond acceptors (Lipinski definition) is 19. The van der Waals surface area contributed by atoms with Gasteiger partial charge in [0.25, 0.3) is 0 Å². The molecule has 0 aliphatic heterocycles. The molecule has 0 amide bonds. The summed E-state index contributed by atoms with van der Waals surface area (Å²) in [5, 5.41) is 73.2. The van der Waals surface area contributed by atoms with Crippen molar-refractivity contribution in [2.24, 2.45) is 0 Å². The Labute approximate surface area is 679 Å². The number of hydrogen-bond donors (Lipinski definition) is 7. The van der Waals surface area contributed by atoms with Crippen LogP contribution in [-0.2, 0) is 0 Å². The van der Waals surface area contributed by atoms with E-state index in [0.29, 0.717) is 66.9 Å². The van der Waals surface area contributed by atoms with Gasteiger partial charge in [0.05, 0.1) is 32.3 Å². The molecule has 6 heterocycles. The van der Waals surface area contributed by atoms with Gasteiger partial charge in [-0.05, 0) is 267 Å². The lowest BCUT2D eigenvalue weighted by atomic mass is 10.00. The van der Waals surface area contributed by atoms with E-state index in [1.807, 2.05) is 219 Å². The van der Waals surface area contributed by atoms with E-state index in [2.05, 4.69) is 0 Å². The van der Waals surface area contributed by atoms with E-state index in [0.717, 1.165) is 116 Å². The summed E-state index contributed by atoms with van der Waals surface area (Å²) < 4.78 is 32.2. The molecule has 0 saturated carbocycles. The van der Waals surface area contributed by atoms with Gasteiger partial charge in [0.2, 0.25) is 0 Å². The molecule has 0 atom stereocenters. The van der Waals surface area contributed by atoms with Crippen LogP contribution >= 0.6 is 0 Å². The maximum absolute atomic E-state index is 12.2. The lowest BCUT2D eigenvalue weighted by molar-refractivity contribution is 0.404. The van der Waals surface area contributed by atoms with Crippen molar-refractivity contribution in [1.29, 1.82) is 0 Å². The van der Waals surface area contributed by atoms with Crippen LogP contribution in [0.4, 0.5) is 0 Å². The van der Waals surface area contributed by atoms with E-state index < -0.39 is 33.8 Å². The monoisotopic (exact) mass is 1580 g/mol. The van der Waals surface area contributed by atoms with Crippen LogP contribution in [0.1, 0.15) is 55.6 Å². The molecule has 0 spiro atoms. The van der Waals surface area contributed by atoms with Crippen LogP contribution in [0.15, 0.2) is 316 Å². The lowest BCUT2D eigenvalue weighted by Crippen LogP contribution is -2.01. The molecule has 119 heavy (non-hydrogen) atoms. The molecule has 18 rings (SSSR count). The fourth-order valence-electron chi connectivity index (χ4n) is 13.6. The highest BCUT2D eigenvalue weighted by Crippen LogP contribution is 2.36. The fourth-order valence-corrected chi connectivity index (χ4v) is 13.6. The molecule has 7 N–H and O–H groups in total. The highest BCUT2D eigenvalue weighted by Gasteiger charge is 2.18. The third kappa shape index (κ3) is 18.2. The second-order valence-corrected chi connectivity index (χ2v) is 28.9. The summed E-state index contributed by atoms with van der Waals surface area (Å²) >= 11 is 0. The van der Waals surface area contributed by atoms with Gasteiger partial charge in [-0.15, -0.1) is 0 Å². The molecule has 19 heteroatoms. The molecule has 0 unspecified atom stereocenters. The number of aryl methyl sites for hydroxylation is 8. The average Bonchev–Trinajstić information content (AvgIpc) is 0.813. The largest absolute Gasteiger partial charge is 0.508 e. The van der Waals surface area contributed by atoms with Gasteiger partial charge in [-0.2, -0.15) is 0 Å². The van der Waals surface area contributed by atoms with E-state index in [-0.39, 0.29) is 45.6 Å². The summed E-state index contributed by atoms with van der Waals surface area (Å²) in [7, 11) is 0. The Morgan fingerprint density at radius 3 is 0.824 bits per heavy atom. The Morgan fingerprint density at radius 1 is 0.202 bits per heavy atom. The molecule has 0 aliphatic rings. The maximum Gasteiger partial charge on any atom is 0.344 e. The Morgan fingerprint density at radius 2 is 0.471 bits per heavy atom. The summed E-state index contributed by atoms with van der Waals surface area (Å²) in [6.07, 6.45) is 0. The number of fused-ring (bicyclic) bond motifs is 6. The molecule has 0 aliphatic carbocycles. The maximum atomic E-state index is 12.2. The molecule has 0 bridgehead atoms. The van der Waals surface area contributed by atoms with Crippen LogP contribution in [0.3, 0.4) is 0 Å². The van der Waals surface area contributed by atoms with Crippen LogP contribution in [0, 0.1) is 69.2 Å². The first-order valence-electron chi connectivity index (χ1n) is 37.7. The van der Waals surface area contributed by atoms with Gasteiger partial charge in [-0.1, -0.05) is 151 Å². The summed E-state index contributed by atoms with van der Waals surface area (Å²) in [5.41, 5.74) is 12.7. The fraction of sp³-hybridized carbons (Fsp3) is 0.100. The zero-order valence-electron chi connectivity index (χ0n) is 66.4. The molecule has 594 valence electrons. The van der Waals surface area contributed by atoms with Crippen LogP contribution in [0.5, 0.6) is 40.2 Å². The van der Waals surface area contributed by atoms with Crippen LogP contribution in [-0.4, -0.2) is 35.7 Å². The quantitative estimate of drug-likeness (QED) is 0.0761. The minimum absolute atomic E-state index is 0.0584. The number of benzene rings is 12. The van der Waals surface area contributed by atoms with Crippen LogP contribution in [0.25, 0.3) is 133 Å². The third-order valence-corrected chi connectivity index (χ3v) is 20.5. The first-order valence-corrected chi connectivity index (χ1v) is 37.7. The third-order valence-electron chi connectivity index (χ3n) is 20.5. The van der Waals surface area contributed by atoms with Crippen LogP contribution < -0.4 is 33.8 Å². The van der Waals surface area contributed by atoms with Crippen LogP contribution in [0.2, 0.25) is 0 Å². The minimum Gasteiger partial charge on any atom is -0.508 e. The van der Waals surface area contributed by atoms with Gasteiger partial charge in [0, 0.05) is 33.4 Å². The van der Waals surface area contributed by atoms with E-state index in [1.165, 1.54) is 42.5 Å². The van der Waals surface area contributed by atoms with Gasteiger partial charge in [-0.25, -0.2) is 28.8 Å². The Hall–Kier alpha value is -15.5. The highest BCUT2D eigenvalue weighted by molar-refractivity contribution is 5.92. The first-order chi connectivity index (χ1) is 56.9. The molecular weight excluding hydrogens is 1510 g/mol. The van der Waals surface area contributed by atoms with Gasteiger partial charge in [0.1, 0.15) is 63.3 Å². The molecule has 0 saturated heterocycles. The Balaban J connectivity index is 0.000000124. The number of rotatable bonds is 6. The minimum atomic E-state index is -0.545. The topological polar surface area (TPSA) is 323 Å². The van der Waals surface area contributed by atoms with Gasteiger partial charge < -0.3 is 62.2 Å². The Bertz CT molecular complexity index is 7230. The predicted octanol–water partition coefficient (Wildman–Crippen LogP) is 21.8.